The summed E-state index contributed by atoms with van der Waals surface area (Å²) in [6.07, 6.45) is 0. The van der Waals surface area contributed by atoms with Crippen LogP contribution >= 0.6 is 0 Å². The molecule has 0 aliphatic rings. The van der Waals surface area contributed by atoms with Gasteiger partial charge in [-0.25, -0.2) is 4.39 Å². The lowest BCUT2D eigenvalue weighted by Gasteiger charge is -2.10. The molecular formula is C14H15FN2. The van der Waals surface area contributed by atoms with Crippen molar-refractivity contribution in [3.63, 3.8) is 0 Å². The molecule has 0 fully saturated rings. The van der Waals surface area contributed by atoms with Gasteiger partial charge in [-0.15, -0.1) is 0 Å². The first-order chi connectivity index (χ1) is 8.15. The highest BCUT2D eigenvalue weighted by atomic mass is 19.1. The van der Waals surface area contributed by atoms with Gasteiger partial charge in [-0.3, -0.25) is 0 Å². The number of benzene rings is 2. The molecule has 0 amide bonds. The highest BCUT2D eigenvalue weighted by molar-refractivity contribution is 5.57. The van der Waals surface area contributed by atoms with Gasteiger partial charge in [-0.1, -0.05) is 12.1 Å². The summed E-state index contributed by atoms with van der Waals surface area (Å²) >= 11 is 0. The van der Waals surface area contributed by atoms with Crippen molar-refractivity contribution in [3.05, 3.63) is 59.4 Å². The van der Waals surface area contributed by atoms with Crippen LogP contribution in [-0.4, -0.2) is 0 Å². The Morgan fingerprint density at radius 1 is 1.12 bits per heavy atom. The Labute approximate surface area is 100 Å². The SMILES string of the molecule is Cc1cc(N)ccc1NCc1ccc(F)cc1. The van der Waals surface area contributed by atoms with E-state index in [2.05, 4.69) is 5.32 Å². The molecule has 0 aliphatic carbocycles. The maximum absolute atomic E-state index is 12.7. The predicted molar refractivity (Wildman–Crippen MR) is 69.3 cm³/mol. The van der Waals surface area contributed by atoms with Crippen molar-refractivity contribution in [2.45, 2.75) is 13.5 Å². The number of nitrogen functional groups attached to an aromatic ring is 1. The molecule has 0 spiro atoms. The molecule has 2 aromatic carbocycles. The first-order valence-corrected chi connectivity index (χ1v) is 5.49. The molecule has 0 atom stereocenters. The van der Waals surface area contributed by atoms with Gasteiger partial charge < -0.3 is 11.1 Å². The Hall–Kier alpha value is -2.03. The monoisotopic (exact) mass is 230 g/mol. The Morgan fingerprint density at radius 2 is 1.82 bits per heavy atom. The van der Waals surface area contributed by atoms with Crippen molar-refractivity contribution in [3.8, 4) is 0 Å². The van der Waals surface area contributed by atoms with E-state index in [4.69, 9.17) is 5.73 Å². The van der Waals surface area contributed by atoms with Crippen LogP contribution < -0.4 is 11.1 Å². The summed E-state index contributed by atoms with van der Waals surface area (Å²) in [6.45, 7) is 2.67. The van der Waals surface area contributed by atoms with Gasteiger partial charge >= 0.3 is 0 Å². The molecule has 0 bridgehead atoms. The number of anilines is 2. The van der Waals surface area contributed by atoms with Crippen LogP contribution in [0.25, 0.3) is 0 Å². The van der Waals surface area contributed by atoms with Crippen LogP contribution in [0, 0.1) is 12.7 Å². The van der Waals surface area contributed by atoms with Crippen LogP contribution in [0.4, 0.5) is 15.8 Å². The summed E-state index contributed by atoms with van der Waals surface area (Å²) in [6, 6.07) is 12.2. The highest BCUT2D eigenvalue weighted by Gasteiger charge is 1.99. The minimum atomic E-state index is -0.211. The fourth-order valence-electron chi connectivity index (χ4n) is 1.68. The summed E-state index contributed by atoms with van der Waals surface area (Å²) < 4.78 is 12.7. The Balaban J connectivity index is 2.04. The van der Waals surface area contributed by atoms with Gasteiger partial charge in [0, 0.05) is 17.9 Å². The molecule has 0 saturated carbocycles. The van der Waals surface area contributed by atoms with Crippen molar-refractivity contribution in [2.24, 2.45) is 0 Å². The van der Waals surface area contributed by atoms with Crippen LogP contribution in [0.1, 0.15) is 11.1 Å². The van der Waals surface area contributed by atoms with Gasteiger partial charge in [0.1, 0.15) is 5.82 Å². The molecule has 0 aliphatic heterocycles. The molecule has 0 heterocycles. The molecule has 0 saturated heterocycles. The van der Waals surface area contributed by atoms with E-state index in [1.165, 1.54) is 12.1 Å². The van der Waals surface area contributed by atoms with Gasteiger partial charge in [0.25, 0.3) is 0 Å². The van der Waals surface area contributed by atoms with Gasteiger partial charge in [0.15, 0.2) is 0 Å². The van der Waals surface area contributed by atoms with E-state index in [9.17, 15) is 4.39 Å². The van der Waals surface area contributed by atoms with Crippen LogP contribution in [0.5, 0.6) is 0 Å². The van der Waals surface area contributed by atoms with E-state index in [1.807, 2.05) is 25.1 Å². The third-order valence-electron chi connectivity index (χ3n) is 2.65. The normalized spacial score (nSPS) is 10.2. The summed E-state index contributed by atoms with van der Waals surface area (Å²) in [4.78, 5) is 0. The number of hydrogen-bond acceptors (Lipinski definition) is 2. The topological polar surface area (TPSA) is 38.0 Å². The Bertz CT molecular complexity index is 506. The van der Waals surface area contributed by atoms with Crippen molar-refractivity contribution < 1.29 is 4.39 Å². The van der Waals surface area contributed by atoms with E-state index in [1.54, 1.807) is 12.1 Å². The minimum absolute atomic E-state index is 0.211. The first-order valence-electron chi connectivity index (χ1n) is 5.49. The Kier molecular flexibility index (Phi) is 3.28. The average Bonchev–Trinajstić information content (AvgIpc) is 2.30. The standard InChI is InChI=1S/C14H15FN2/c1-10-8-13(16)6-7-14(10)17-9-11-2-4-12(15)5-3-11/h2-8,17H,9,16H2,1H3. The molecule has 0 radical (unpaired) electrons. The first kappa shape index (κ1) is 11.5. The number of halogens is 1. The maximum Gasteiger partial charge on any atom is 0.123 e. The van der Waals surface area contributed by atoms with Crippen molar-refractivity contribution >= 4 is 11.4 Å². The van der Waals surface area contributed by atoms with E-state index < -0.39 is 0 Å². The second-order valence-corrected chi connectivity index (χ2v) is 4.05. The molecule has 88 valence electrons. The van der Waals surface area contributed by atoms with Crippen LogP contribution in [0.15, 0.2) is 42.5 Å². The van der Waals surface area contributed by atoms with Gasteiger partial charge in [-0.05, 0) is 48.4 Å². The maximum atomic E-state index is 12.7. The second kappa shape index (κ2) is 4.87. The van der Waals surface area contributed by atoms with E-state index >= 15 is 0 Å². The lowest BCUT2D eigenvalue weighted by molar-refractivity contribution is 0.627. The second-order valence-electron chi connectivity index (χ2n) is 4.05. The zero-order chi connectivity index (χ0) is 12.3. The number of aryl methyl sites for hydroxylation is 1. The quantitative estimate of drug-likeness (QED) is 0.794. The zero-order valence-electron chi connectivity index (χ0n) is 9.70. The minimum Gasteiger partial charge on any atom is -0.399 e. The van der Waals surface area contributed by atoms with E-state index in [0.717, 1.165) is 22.5 Å². The van der Waals surface area contributed by atoms with Gasteiger partial charge in [-0.2, -0.15) is 0 Å². The lowest BCUT2D eigenvalue weighted by atomic mass is 10.1. The molecule has 17 heavy (non-hydrogen) atoms. The van der Waals surface area contributed by atoms with Crippen molar-refractivity contribution in [2.75, 3.05) is 11.1 Å². The largest absolute Gasteiger partial charge is 0.399 e. The number of nitrogens with two attached hydrogens (primary N) is 1. The highest BCUT2D eigenvalue weighted by Crippen LogP contribution is 2.18. The fourth-order valence-corrected chi connectivity index (χ4v) is 1.68. The smallest absolute Gasteiger partial charge is 0.123 e. The summed E-state index contributed by atoms with van der Waals surface area (Å²) in [7, 11) is 0. The number of nitrogens with one attached hydrogen (secondary N) is 1. The molecule has 3 heteroatoms. The van der Waals surface area contributed by atoms with Gasteiger partial charge in [0.2, 0.25) is 0 Å². The van der Waals surface area contributed by atoms with Crippen LogP contribution in [0.3, 0.4) is 0 Å². The summed E-state index contributed by atoms with van der Waals surface area (Å²) in [5.74, 6) is -0.211. The zero-order valence-corrected chi connectivity index (χ0v) is 9.70. The van der Waals surface area contributed by atoms with Crippen LogP contribution in [0.2, 0.25) is 0 Å². The average molecular weight is 230 g/mol. The Morgan fingerprint density at radius 3 is 2.47 bits per heavy atom. The molecule has 2 aromatic rings. The fraction of sp³-hybridized carbons (Fsp3) is 0.143. The molecule has 2 nitrogen and oxygen atoms in total. The third-order valence-corrected chi connectivity index (χ3v) is 2.65. The van der Waals surface area contributed by atoms with Crippen LogP contribution in [-0.2, 0) is 6.54 Å². The number of rotatable bonds is 3. The van der Waals surface area contributed by atoms with Crippen molar-refractivity contribution in [1.29, 1.82) is 0 Å². The molecule has 2 rings (SSSR count). The molecular weight excluding hydrogens is 215 g/mol. The van der Waals surface area contributed by atoms with E-state index in [-0.39, 0.29) is 5.82 Å². The molecule has 0 unspecified atom stereocenters. The van der Waals surface area contributed by atoms with Crippen molar-refractivity contribution in [1.82, 2.24) is 0 Å². The molecule has 3 N–H and O–H groups in total. The van der Waals surface area contributed by atoms with Gasteiger partial charge in [0.05, 0.1) is 0 Å². The predicted octanol–water partition coefficient (Wildman–Crippen LogP) is 3.33. The van der Waals surface area contributed by atoms with E-state index in [0.29, 0.717) is 6.54 Å². The third kappa shape index (κ3) is 2.97. The summed E-state index contributed by atoms with van der Waals surface area (Å²) in [5, 5.41) is 3.30. The summed E-state index contributed by atoms with van der Waals surface area (Å²) in [5.41, 5.74) is 9.63. The number of hydrogen-bond donors (Lipinski definition) is 2. The lowest BCUT2D eigenvalue weighted by Crippen LogP contribution is -2.01. The molecule has 0 aromatic heterocycles.